The second-order valence-electron chi connectivity index (χ2n) is 6.28. The molecule has 2 fully saturated rings. The first kappa shape index (κ1) is 14.8. The number of nitrogens with zero attached hydrogens (tertiary/aromatic N) is 1. The van der Waals surface area contributed by atoms with Gasteiger partial charge in [-0.1, -0.05) is 39.0 Å². The van der Waals surface area contributed by atoms with Crippen LogP contribution in [-0.4, -0.2) is 36.6 Å². The Hall–Kier alpha value is -0.570. The predicted octanol–water partition coefficient (Wildman–Crippen LogP) is 3.37. The van der Waals surface area contributed by atoms with E-state index in [1.165, 1.54) is 64.9 Å². The molecule has 0 N–H and O–H groups in total. The third kappa shape index (κ3) is 3.95. The Labute approximate surface area is 117 Å². The van der Waals surface area contributed by atoms with Crippen molar-refractivity contribution >= 4 is 5.97 Å². The Balaban J connectivity index is 2.00. The number of hydrogen-bond acceptors (Lipinski definition) is 3. The van der Waals surface area contributed by atoms with Crippen LogP contribution in [0, 0.1) is 5.92 Å². The zero-order chi connectivity index (χ0) is 13.7. The lowest BCUT2D eigenvalue weighted by Crippen LogP contribution is -2.47. The molecule has 3 heteroatoms. The summed E-state index contributed by atoms with van der Waals surface area (Å²) in [6.45, 7) is 2.80. The minimum Gasteiger partial charge on any atom is -0.468 e. The summed E-state index contributed by atoms with van der Waals surface area (Å²) in [5, 5.41) is 0. The van der Waals surface area contributed by atoms with E-state index < -0.39 is 0 Å². The van der Waals surface area contributed by atoms with Gasteiger partial charge in [0.2, 0.25) is 0 Å². The number of carbonyl (C=O) groups excluding carboxylic acids is 1. The van der Waals surface area contributed by atoms with E-state index in [0.717, 1.165) is 5.92 Å². The number of rotatable bonds is 5. The summed E-state index contributed by atoms with van der Waals surface area (Å²) >= 11 is 0. The van der Waals surface area contributed by atoms with Crippen molar-refractivity contribution < 1.29 is 9.53 Å². The molecule has 0 amide bonds. The van der Waals surface area contributed by atoms with Crippen molar-refractivity contribution in [2.75, 3.05) is 13.7 Å². The van der Waals surface area contributed by atoms with Crippen LogP contribution in [-0.2, 0) is 9.53 Å². The van der Waals surface area contributed by atoms with E-state index in [0.29, 0.717) is 18.6 Å². The molecule has 2 aliphatic carbocycles. The number of ether oxygens (including phenoxy) is 1. The van der Waals surface area contributed by atoms with Crippen molar-refractivity contribution in [2.24, 2.45) is 5.92 Å². The molecule has 0 aromatic rings. The lowest BCUT2D eigenvalue weighted by atomic mass is 9.83. The van der Waals surface area contributed by atoms with Crippen molar-refractivity contribution in [2.45, 2.75) is 76.8 Å². The highest BCUT2D eigenvalue weighted by atomic mass is 16.5. The van der Waals surface area contributed by atoms with Gasteiger partial charge in [0.1, 0.15) is 0 Å². The molecule has 2 aliphatic rings. The Morgan fingerprint density at radius 1 is 1.11 bits per heavy atom. The van der Waals surface area contributed by atoms with Crippen LogP contribution in [0.2, 0.25) is 0 Å². The molecule has 0 aromatic heterocycles. The smallest absolute Gasteiger partial charge is 0.319 e. The van der Waals surface area contributed by atoms with Gasteiger partial charge in [0.15, 0.2) is 0 Å². The first-order chi connectivity index (χ1) is 9.24. The molecule has 0 heterocycles. The molecule has 19 heavy (non-hydrogen) atoms. The Kier molecular flexibility index (Phi) is 5.68. The van der Waals surface area contributed by atoms with Crippen LogP contribution in [0.5, 0.6) is 0 Å². The van der Waals surface area contributed by atoms with E-state index in [9.17, 15) is 4.79 Å². The van der Waals surface area contributed by atoms with Gasteiger partial charge in [-0.15, -0.1) is 0 Å². The minimum absolute atomic E-state index is 0.0643. The Morgan fingerprint density at radius 2 is 1.79 bits per heavy atom. The minimum atomic E-state index is -0.0643. The molecule has 0 aliphatic heterocycles. The average molecular weight is 267 g/mol. The van der Waals surface area contributed by atoms with Crippen LogP contribution in [0.4, 0.5) is 0 Å². The number of hydrogen-bond donors (Lipinski definition) is 0. The maximum absolute atomic E-state index is 11.7. The first-order valence-corrected chi connectivity index (χ1v) is 8.07. The van der Waals surface area contributed by atoms with E-state index >= 15 is 0 Å². The molecule has 0 saturated heterocycles. The topological polar surface area (TPSA) is 29.5 Å². The third-order valence-corrected chi connectivity index (χ3v) is 5.13. The Morgan fingerprint density at radius 3 is 2.42 bits per heavy atom. The standard InChI is InChI=1S/C16H29NO2/c1-3-13-7-6-10-15(11-13)17(12-16(18)19-2)14-8-4-5-9-14/h13-15H,3-12H2,1-2H3. The van der Waals surface area contributed by atoms with Crippen LogP contribution in [0.15, 0.2) is 0 Å². The highest BCUT2D eigenvalue weighted by molar-refractivity contribution is 5.71. The maximum atomic E-state index is 11.7. The van der Waals surface area contributed by atoms with E-state index in [4.69, 9.17) is 4.74 Å². The summed E-state index contributed by atoms with van der Waals surface area (Å²) in [4.78, 5) is 14.2. The summed E-state index contributed by atoms with van der Waals surface area (Å²) < 4.78 is 4.90. The van der Waals surface area contributed by atoms with Gasteiger partial charge in [-0.25, -0.2) is 0 Å². The van der Waals surface area contributed by atoms with Crippen LogP contribution in [0.3, 0.4) is 0 Å². The normalized spacial score (nSPS) is 28.8. The number of carbonyl (C=O) groups is 1. The Bertz CT molecular complexity index is 286. The monoisotopic (exact) mass is 267 g/mol. The summed E-state index contributed by atoms with van der Waals surface area (Å²) in [6.07, 6.45) is 11.7. The second-order valence-corrected chi connectivity index (χ2v) is 6.28. The molecule has 2 saturated carbocycles. The van der Waals surface area contributed by atoms with Crippen LogP contribution in [0.25, 0.3) is 0 Å². The van der Waals surface area contributed by atoms with Crippen molar-refractivity contribution in [3.05, 3.63) is 0 Å². The first-order valence-electron chi connectivity index (χ1n) is 8.07. The van der Waals surface area contributed by atoms with E-state index in [2.05, 4.69) is 11.8 Å². The molecule has 3 nitrogen and oxygen atoms in total. The largest absolute Gasteiger partial charge is 0.468 e. The quantitative estimate of drug-likeness (QED) is 0.715. The summed E-state index contributed by atoms with van der Waals surface area (Å²) in [7, 11) is 1.50. The second kappa shape index (κ2) is 7.28. The fourth-order valence-corrected chi connectivity index (χ4v) is 3.94. The molecule has 2 rings (SSSR count). The third-order valence-electron chi connectivity index (χ3n) is 5.13. The van der Waals surface area contributed by atoms with Crippen molar-refractivity contribution in [3.8, 4) is 0 Å². The van der Waals surface area contributed by atoms with Gasteiger partial charge in [0.05, 0.1) is 13.7 Å². The maximum Gasteiger partial charge on any atom is 0.319 e. The fraction of sp³-hybridized carbons (Fsp3) is 0.938. The van der Waals surface area contributed by atoms with Gasteiger partial charge in [-0.3, -0.25) is 9.69 Å². The molecular formula is C16H29NO2. The van der Waals surface area contributed by atoms with Gasteiger partial charge in [-0.05, 0) is 31.6 Å². The molecule has 0 bridgehead atoms. The molecule has 2 atom stereocenters. The van der Waals surface area contributed by atoms with Gasteiger partial charge in [0, 0.05) is 12.1 Å². The van der Waals surface area contributed by atoms with E-state index in [1.54, 1.807) is 0 Å². The van der Waals surface area contributed by atoms with Gasteiger partial charge in [0.25, 0.3) is 0 Å². The average Bonchev–Trinajstić information content (AvgIpc) is 2.98. The highest BCUT2D eigenvalue weighted by Crippen LogP contribution is 2.34. The predicted molar refractivity (Wildman–Crippen MR) is 77.0 cm³/mol. The highest BCUT2D eigenvalue weighted by Gasteiger charge is 2.33. The summed E-state index contributed by atoms with van der Waals surface area (Å²) in [5.41, 5.74) is 0. The van der Waals surface area contributed by atoms with Crippen LogP contribution in [0.1, 0.15) is 64.7 Å². The van der Waals surface area contributed by atoms with Gasteiger partial charge < -0.3 is 4.74 Å². The SMILES string of the molecule is CCC1CCCC(N(CC(=O)OC)C2CCCC2)C1. The summed E-state index contributed by atoms with van der Waals surface area (Å²) in [5.74, 6) is 0.797. The van der Waals surface area contributed by atoms with Gasteiger partial charge >= 0.3 is 5.97 Å². The number of methoxy groups -OCH3 is 1. The zero-order valence-corrected chi connectivity index (χ0v) is 12.6. The molecule has 0 aromatic carbocycles. The molecule has 2 unspecified atom stereocenters. The lowest BCUT2D eigenvalue weighted by Gasteiger charge is -2.40. The van der Waals surface area contributed by atoms with Crippen molar-refractivity contribution in [1.29, 1.82) is 0 Å². The van der Waals surface area contributed by atoms with Crippen LogP contribution >= 0.6 is 0 Å². The molecule has 110 valence electrons. The van der Waals surface area contributed by atoms with Crippen molar-refractivity contribution in [1.82, 2.24) is 4.90 Å². The van der Waals surface area contributed by atoms with Crippen molar-refractivity contribution in [3.63, 3.8) is 0 Å². The summed E-state index contributed by atoms with van der Waals surface area (Å²) in [6, 6.07) is 1.24. The molecule has 0 spiro atoms. The number of esters is 1. The van der Waals surface area contributed by atoms with Gasteiger partial charge in [-0.2, -0.15) is 0 Å². The zero-order valence-electron chi connectivity index (χ0n) is 12.6. The lowest BCUT2D eigenvalue weighted by molar-refractivity contribution is -0.143. The fourth-order valence-electron chi connectivity index (χ4n) is 3.94. The van der Waals surface area contributed by atoms with E-state index in [1.807, 2.05) is 0 Å². The molecular weight excluding hydrogens is 238 g/mol. The van der Waals surface area contributed by atoms with Crippen LogP contribution < -0.4 is 0 Å². The van der Waals surface area contributed by atoms with E-state index in [-0.39, 0.29) is 5.97 Å². The molecule has 0 radical (unpaired) electrons.